The van der Waals surface area contributed by atoms with Crippen molar-refractivity contribution in [2.75, 3.05) is 5.32 Å². The summed E-state index contributed by atoms with van der Waals surface area (Å²) in [6.45, 7) is 1.90. The molecule has 1 atom stereocenters. The molecule has 1 unspecified atom stereocenters. The van der Waals surface area contributed by atoms with E-state index in [1.165, 1.54) is 0 Å². The van der Waals surface area contributed by atoms with Crippen molar-refractivity contribution < 1.29 is 4.79 Å². The second-order valence-corrected chi connectivity index (χ2v) is 4.32. The lowest BCUT2D eigenvalue weighted by Gasteiger charge is -2.11. The van der Waals surface area contributed by atoms with Gasteiger partial charge in [0.15, 0.2) is 5.78 Å². The number of para-hydroxylation sites is 1. The molecule has 1 N–H and O–H groups in total. The third-order valence-corrected chi connectivity index (χ3v) is 3.18. The van der Waals surface area contributed by atoms with Crippen LogP contribution >= 0.6 is 0 Å². The first kappa shape index (κ1) is 10.1. The summed E-state index contributed by atoms with van der Waals surface area (Å²) in [5, 5.41) is 3.27. The van der Waals surface area contributed by atoms with Gasteiger partial charge in [-0.15, -0.1) is 0 Å². The predicted molar refractivity (Wildman–Crippen MR) is 69.3 cm³/mol. The zero-order valence-corrected chi connectivity index (χ0v) is 9.60. The number of carbonyl (C=O) groups is 1. The number of hydrogen-bond acceptors (Lipinski definition) is 2. The van der Waals surface area contributed by atoms with Gasteiger partial charge in [-0.25, -0.2) is 0 Å². The molecule has 0 radical (unpaired) electrons. The van der Waals surface area contributed by atoms with Gasteiger partial charge < -0.3 is 5.32 Å². The number of benzene rings is 2. The molecule has 0 amide bonds. The Bertz CT molecular complexity index is 589. The number of hydrogen-bond donors (Lipinski definition) is 1. The molecule has 0 aliphatic carbocycles. The number of rotatable bonds is 0. The third-order valence-electron chi connectivity index (χ3n) is 3.18. The van der Waals surface area contributed by atoms with Crippen LogP contribution in [0.3, 0.4) is 0 Å². The third kappa shape index (κ3) is 1.53. The Morgan fingerprint density at radius 1 is 0.882 bits per heavy atom. The Labute approximate surface area is 100 Å². The average molecular weight is 223 g/mol. The summed E-state index contributed by atoms with van der Waals surface area (Å²) >= 11 is 0. The first-order valence-electron chi connectivity index (χ1n) is 5.76. The summed E-state index contributed by atoms with van der Waals surface area (Å²) in [6.07, 6.45) is 0. The van der Waals surface area contributed by atoms with Crippen molar-refractivity contribution in [2.24, 2.45) is 0 Å². The number of Topliss-reactive ketones (excluding diaryl/α,β-unsaturated/α-hetero) is 1. The summed E-state index contributed by atoms with van der Waals surface area (Å²) in [5.41, 5.74) is 3.95. The fourth-order valence-corrected chi connectivity index (χ4v) is 2.31. The maximum Gasteiger partial charge on any atom is 0.185 e. The zero-order chi connectivity index (χ0) is 11.8. The fraction of sp³-hybridized carbons (Fsp3) is 0.133. The zero-order valence-electron chi connectivity index (χ0n) is 9.60. The normalized spacial score (nSPS) is 17.7. The van der Waals surface area contributed by atoms with Gasteiger partial charge in [-0.1, -0.05) is 42.5 Å². The highest BCUT2D eigenvalue weighted by Crippen LogP contribution is 2.34. The van der Waals surface area contributed by atoms with Crippen molar-refractivity contribution in [1.82, 2.24) is 0 Å². The van der Waals surface area contributed by atoms with E-state index in [4.69, 9.17) is 0 Å². The predicted octanol–water partition coefficient (Wildman–Crippen LogP) is 3.35. The molecule has 17 heavy (non-hydrogen) atoms. The van der Waals surface area contributed by atoms with Crippen LogP contribution in [0, 0.1) is 0 Å². The second kappa shape index (κ2) is 3.74. The van der Waals surface area contributed by atoms with Crippen LogP contribution in [0.1, 0.15) is 17.3 Å². The molecule has 0 saturated carbocycles. The van der Waals surface area contributed by atoms with Gasteiger partial charge in [0, 0.05) is 16.8 Å². The van der Waals surface area contributed by atoms with E-state index in [0.717, 1.165) is 22.4 Å². The molecule has 2 aromatic carbocycles. The van der Waals surface area contributed by atoms with Crippen LogP contribution < -0.4 is 5.32 Å². The lowest BCUT2D eigenvalue weighted by atomic mass is 9.96. The monoisotopic (exact) mass is 223 g/mol. The standard InChI is InChI=1S/C15H13NO/c1-10-15(17)13-8-3-2-6-11(13)12-7-4-5-9-14(12)16-10/h2-10,16H,1H3. The molecule has 2 heteroatoms. The van der Waals surface area contributed by atoms with Crippen molar-refractivity contribution in [2.45, 2.75) is 13.0 Å². The van der Waals surface area contributed by atoms with E-state index in [0.29, 0.717) is 0 Å². The molecule has 1 heterocycles. The molecule has 0 aromatic heterocycles. The number of anilines is 1. The average Bonchev–Trinajstić information content (AvgIpc) is 2.48. The highest BCUT2D eigenvalue weighted by Gasteiger charge is 2.23. The SMILES string of the molecule is CC1Nc2ccccc2-c2ccccc2C1=O. The van der Waals surface area contributed by atoms with Crippen LogP contribution in [0.4, 0.5) is 5.69 Å². The van der Waals surface area contributed by atoms with E-state index in [1.54, 1.807) is 0 Å². The maximum absolute atomic E-state index is 12.2. The van der Waals surface area contributed by atoms with Gasteiger partial charge in [0.25, 0.3) is 0 Å². The second-order valence-electron chi connectivity index (χ2n) is 4.32. The highest BCUT2D eigenvalue weighted by atomic mass is 16.1. The molecule has 1 aliphatic rings. The van der Waals surface area contributed by atoms with E-state index in [2.05, 4.69) is 5.32 Å². The Morgan fingerprint density at radius 3 is 2.24 bits per heavy atom. The molecule has 2 nitrogen and oxygen atoms in total. The Morgan fingerprint density at radius 2 is 1.47 bits per heavy atom. The minimum Gasteiger partial charge on any atom is -0.375 e. The van der Waals surface area contributed by atoms with Crippen molar-refractivity contribution in [3.05, 3.63) is 54.1 Å². The van der Waals surface area contributed by atoms with Crippen LogP contribution in [0.15, 0.2) is 48.5 Å². The molecule has 0 fully saturated rings. The summed E-state index contributed by atoms with van der Waals surface area (Å²) in [4.78, 5) is 12.2. The van der Waals surface area contributed by atoms with Gasteiger partial charge in [0.1, 0.15) is 0 Å². The number of nitrogens with one attached hydrogen (secondary N) is 1. The van der Waals surface area contributed by atoms with Crippen LogP contribution in [0.2, 0.25) is 0 Å². The van der Waals surface area contributed by atoms with Crippen LogP contribution in [-0.4, -0.2) is 11.8 Å². The molecule has 0 spiro atoms. The summed E-state index contributed by atoms with van der Waals surface area (Å²) < 4.78 is 0. The molecular weight excluding hydrogens is 210 g/mol. The van der Waals surface area contributed by atoms with Gasteiger partial charge >= 0.3 is 0 Å². The minimum absolute atomic E-state index is 0.150. The van der Waals surface area contributed by atoms with Crippen LogP contribution in [0.5, 0.6) is 0 Å². The van der Waals surface area contributed by atoms with Crippen molar-refractivity contribution in [1.29, 1.82) is 0 Å². The number of carbonyl (C=O) groups excluding carboxylic acids is 1. The van der Waals surface area contributed by atoms with Crippen LogP contribution in [0.25, 0.3) is 11.1 Å². The minimum atomic E-state index is -0.181. The Hall–Kier alpha value is -2.09. The number of fused-ring (bicyclic) bond motifs is 3. The van der Waals surface area contributed by atoms with E-state index in [-0.39, 0.29) is 11.8 Å². The largest absolute Gasteiger partial charge is 0.375 e. The summed E-state index contributed by atoms with van der Waals surface area (Å²) in [7, 11) is 0. The van der Waals surface area contributed by atoms with Gasteiger partial charge in [-0.05, 0) is 18.6 Å². The molecule has 2 aromatic rings. The van der Waals surface area contributed by atoms with E-state index in [1.807, 2.05) is 55.5 Å². The Kier molecular flexibility index (Phi) is 2.22. The maximum atomic E-state index is 12.2. The quantitative estimate of drug-likeness (QED) is 0.742. The highest BCUT2D eigenvalue weighted by molar-refractivity contribution is 6.09. The van der Waals surface area contributed by atoms with Crippen molar-refractivity contribution in [3.8, 4) is 11.1 Å². The van der Waals surface area contributed by atoms with Crippen LogP contribution in [-0.2, 0) is 0 Å². The van der Waals surface area contributed by atoms with Crippen molar-refractivity contribution in [3.63, 3.8) is 0 Å². The van der Waals surface area contributed by atoms with Crippen molar-refractivity contribution >= 4 is 11.5 Å². The van der Waals surface area contributed by atoms with Gasteiger partial charge in [-0.2, -0.15) is 0 Å². The topological polar surface area (TPSA) is 29.1 Å². The van der Waals surface area contributed by atoms with Gasteiger partial charge in [0.2, 0.25) is 0 Å². The molecule has 84 valence electrons. The lowest BCUT2D eigenvalue weighted by Crippen LogP contribution is -2.24. The van der Waals surface area contributed by atoms with E-state index in [9.17, 15) is 4.79 Å². The van der Waals surface area contributed by atoms with E-state index < -0.39 is 0 Å². The summed E-state index contributed by atoms with van der Waals surface area (Å²) in [6, 6.07) is 15.7. The Balaban J connectivity index is 2.33. The molecular formula is C15H13NO. The first-order chi connectivity index (χ1) is 8.27. The van der Waals surface area contributed by atoms with Gasteiger partial charge in [0.05, 0.1) is 6.04 Å². The van der Waals surface area contributed by atoms with Gasteiger partial charge in [-0.3, -0.25) is 4.79 Å². The smallest absolute Gasteiger partial charge is 0.185 e. The number of ketones is 1. The molecule has 3 rings (SSSR count). The molecule has 0 bridgehead atoms. The summed E-state index contributed by atoms with van der Waals surface area (Å²) in [5.74, 6) is 0.150. The lowest BCUT2D eigenvalue weighted by molar-refractivity contribution is 0.0977. The van der Waals surface area contributed by atoms with E-state index >= 15 is 0 Å². The first-order valence-corrected chi connectivity index (χ1v) is 5.76. The fourth-order valence-electron chi connectivity index (χ4n) is 2.31. The molecule has 1 aliphatic heterocycles. The molecule has 0 saturated heterocycles.